The predicted molar refractivity (Wildman–Crippen MR) is 80.1 cm³/mol. The highest BCUT2D eigenvalue weighted by Gasteiger charge is 2.33. The van der Waals surface area contributed by atoms with Crippen LogP contribution in [0.5, 0.6) is 5.75 Å². The van der Waals surface area contributed by atoms with Gasteiger partial charge in [-0.25, -0.2) is 4.98 Å². The summed E-state index contributed by atoms with van der Waals surface area (Å²) >= 11 is 0. The number of imidazole rings is 1. The van der Waals surface area contributed by atoms with Crippen molar-refractivity contribution in [1.82, 2.24) is 9.97 Å². The molecule has 1 atom stereocenters. The first-order valence-corrected chi connectivity index (χ1v) is 7.39. The monoisotopic (exact) mass is 285 g/mol. The lowest BCUT2D eigenvalue weighted by molar-refractivity contribution is 0.310. The number of nitrogens with zero attached hydrogens (tertiary/aromatic N) is 2. The average molecular weight is 285 g/mol. The zero-order valence-electron chi connectivity index (χ0n) is 11.9. The molecule has 1 unspecified atom stereocenters. The number of hydrogen-bond donors (Lipinski definition) is 1. The zero-order valence-corrected chi connectivity index (χ0v) is 11.9. The molecule has 1 aliphatic carbocycles. The van der Waals surface area contributed by atoms with Gasteiger partial charge in [-0.1, -0.05) is 17.3 Å². The van der Waals surface area contributed by atoms with Crippen LogP contribution in [0.15, 0.2) is 42.0 Å². The fourth-order valence-electron chi connectivity index (χ4n) is 2.47. The summed E-state index contributed by atoms with van der Waals surface area (Å²) in [7, 11) is 0. The first-order chi connectivity index (χ1) is 10.4. The molecule has 1 aromatic heterocycles. The number of H-pyrrole nitrogens is 1. The highest BCUT2D eigenvalue weighted by atomic mass is 16.5. The minimum absolute atomic E-state index is 0.181. The molecule has 3 rings (SSSR count). The van der Waals surface area contributed by atoms with Crippen LogP contribution < -0.4 is 4.74 Å². The van der Waals surface area contributed by atoms with Crippen LogP contribution in [0, 0.1) is 10.8 Å². The summed E-state index contributed by atoms with van der Waals surface area (Å²) in [5.74, 6) is 1.28. The molecule has 1 aliphatic rings. The summed E-state index contributed by atoms with van der Waals surface area (Å²) < 4.78 is 5.71. The largest absolute Gasteiger partial charge is 0.494 e. The van der Waals surface area contributed by atoms with Gasteiger partial charge in [0.25, 0.3) is 0 Å². The zero-order chi connectivity index (χ0) is 14.5. The van der Waals surface area contributed by atoms with Crippen molar-refractivity contribution in [1.29, 1.82) is 0 Å². The third kappa shape index (κ3) is 3.68. The molecule has 1 heterocycles. The van der Waals surface area contributed by atoms with Crippen molar-refractivity contribution in [2.45, 2.75) is 31.7 Å². The van der Waals surface area contributed by atoms with Crippen molar-refractivity contribution in [3.63, 3.8) is 0 Å². The van der Waals surface area contributed by atoms with Gasteiger partial charge in [-0.05, 0) is 49.3 Å². The molecule has 21 heavy (non-hydrogen) atoms. The third-order valence-corrected chi connectivity index (χ3v) is 3.82. The van der Waals surface area contributed by atoms with Gasteiger partial charge in [-0.2, -0.15) is 4.91 Å². The molecule has 1 aromatic carbocycles. The average Bonchev–Trinajstić information content (AvgIpc) is 3.21. The molecule has 1 N–H and O–H groups in total. The van der Waals surface area contributed by atoms with E-state index in [-0.39, 0.29) is 6.04 Å². The molecule has 0 saturated heterocycles. The van der Waals surface area contributed by atoms with E-state index in [1.807, 2.05) is 30.5 Å². The number of aryl methyl sites for hydroxylation is 1. The Morgan fingerprint density at radius 3 is 2.76 bits per heavy atom. The second-order valence-corrected chi connectivity index (χ2v) is 5.49. The Bertz CT molecular complexity index is 562. The maximum absolute atomic E-state index is 10.9. The van der Waals surface area contributed by atoms with Gasteiger partial charge in [0.05, 0.1) is 12.9 Å². The van der Waals surface area contributed by atoms with E-state index in [1.165, 1.54) is 0 Å². The number of nitroso groups, excluding NO2 is 1. The van der Waals surface area contributed by atoms with Crippen LogP contribution in [-0.4, -0.2) is 16.6 Å². The van der Waals surface area contributed by atoms with E-state index in [0.717, 1.165) is 42.7 Å². The maximum Gasteiger partial charge on any atom is 0.120 e. The van der Waals surface area contributed by atoms with Gasteiger partial charge in [0, 0.05) is 11.9 Å². The van der Waals surface area contributed by atoms with Gasteiger partial charge in [-0.3, -0.25) is 0 Å². The van der Waals surface area contributed by atoms with Crippen molar-refractivity contribution >= 4 is 0 Å². The summed E-state index contributed by atoms with van der Waals surface area (Å²) in [4.78, 5) is 18.0. The minimum atomic E-state index is -0.181. The number of hydrogen-bond acceptors (Lipinski definition) is 4. The lowest BCUT2D eigenvalue weighted by atomic mass is 10.0. The summed E-state index contributed by atoms with van der Waals surface area (Å²) in [5, 5.41) is 3.25. The summed E-state index contributed by atoms with van der Waals surface area (Å²) in [6, 6.07) is 7.57. The minimum Gasteiger partial charge on any atom is -0.494 e. The van der Waals surface area contributed by atoms with Gasteiger partial charge in [0.1, 0.15) is 11.8 Å². The van der Waals surface area contributed by atoms with Crippen LogP contribution in [0.2, 0.25) is 0 Å². The highest BCUT2D eigenvalue weighted by Crippen LogP contribution is 2.43. The highest BCUT2D eigenvalue weighted by molar-refractivity contribution is 5.30. The molecule has 1 fully saturated rings. The molecule has 5 heteroatoms. The van der Waals surface area contributed by atoms with Crippen LogP contribution >= 0.6 is 0 Å². The van der Waals surface area contributed by atoms with E-state index in [0.29, 0.717) is 12.5 Å². The van der Waals surface area contributed by atoms with Crippen molar-refractivity contribution in [3.8, 4) is 5.75 Å². The molecule has 0 spiro atoms. The Balaban J connectivity index is 1.46. The summed E-state index contributed by atoms with van der Waals surface area (Å²) in [5.41, 5.74) is 2.12. The second kappa shape index (κ2) is 6.52. The van der Waals surface area contributed by atoms with Crippen molar-refractivity contribution < 1.29 is 4.74 Å². The maximum atomic E-state index is 10.9. The Hall–Kier alpha value is -2.17. The fourth-order valence-corrected chi connectivity index (χ4v) is 2.47. The SMILES string of the molecule is O=NC(c1ccc(OCCCc2cnc[nH]2)cc1)C1CC1. The first-order valence-electron chi connectivity index (χ1n) is 7.39. The molecule has 1 saturated carbocycles. The number of nitrogens with one attached hydrogen (secondary N) is 1. The van der Waals surface area contributed by atoms with Gasteiger partial charge in [0.15, 0.2) is 0 Å². The van der Waals surface area contributed by atoms with Gasteiger partial charge >= 0.3 is 0 Å². The van der Waals surface area contributed by atoms with E-state index < -0.39 is 0 Å². The molecule has 0 bridgehead atoms. The van der Waals surface area contributed by atoms with E-state index in [9.17, 15) is 4.91 Å². The quantitative estimate of drug-likeness (QED) is 0.594. The molecule has 0 radical (unpaired) electrons. The lowest BCUT2D eigenvalue weighted by Gasteiger charge is -2.10. The first kappa shape index (κ1) is 13.8. The van der Waals surface area contributed by atoms with Crippen molar-refractivity contribution in [2.75, 3.05) is 6.61 Å². The Morgan fingerprint density at radius 2 is 2.14 bits per heavy atom. The van der Waals surface area contributed by atoms with Gasteiger partial charge in [0.2, 0.25) is 0 Å². The lowest BCUT2D eigenvalue weighted by Crippen LogP contribution is -2.01. The summed E-state index contributed by atoms with van der Waals surface area (Å²) in [6.45, 7) is 0.663. The normalized spacial score (nSPS) is 15.6. The smallest absolute Gasteiger partial charge is 0.120 e. The molecular weight excluding hydrogens is 266 g/mol. The van der Waals surface area contributed by atoms with Crippen molar-refractivity contribution in [2.24, 2.45) is 11.1 Å². The van der Waals surface area contributed by atoms with Crippen LogP contribution in [0.4, 0.5) is 0 Å². The number of ether oxygens (including phenoxy) is 1. The second-order valence-electron chi connectivity index (χ2n) is 5.49. The van der Waals surface area contributed by atoms with E-state index in [4.69, 9.17) is 4.74 Å². The Labute approximate surface area is 123 Å². The summed E-state index contributed by atoms with van der Waals surface area (Å²) in [6.07, 6.45) is 7.61. The number of aromatic amines is 1. The Morgan fingerprint density at radius 1 is 1.33 bits per heavy atom. The van der Waals surface area contributed by atoms with E-state index in [2.05, 4.69) is 15.1 Å². The van der Waals surface area contributed by atoms with Crippen molar-refractivity contribution in [3.05, 3.63) is 53.0 Å². The topological polar surface area (TPSA) is 67.3 Å². The van der Waals surface area contributed by atoms with Crippen LogP contribution in [0.25, 0.3) is 0 Å². The molecular formula is C16H19N3O2. The third-order valence-electron chi connectivity index (χ3n) is 3.82. The van der Waals surface area contributed by atoms with Crippen LogP contribution in [0.3, 0.4) is 0 Å². The molecule has 2 aromatic rings. The van der Waals surface area contributed by atoms with Crippen LogP contribution in [-0.2, 0) is 6.42 Å². The fraction of sp³-hybridized carbons (Fsp3) is 0.438. The number of rotatable bonds is 8. The van der Waals surface area contributed by atoms with Crippen LogP contribution in [0.1, 0.15) is 36.6 Å². The number of aromatic nitrogens is 2. The molecule has 5 nitrogen and oxygen atoms in total. The van der Waals surface area contributed by atoms with Gasteiger partial charge < -0.3 is 9.72 Å². The molecule has 0 aliphatic heterocycles. The molecule has 0 amide bonds. The van der Waals surface area contributed by atoms with E-state index in [1.54, 1.807) is 6.33 Å². The number of benzene rings is 1. The predicted octanol–water partition coefficient (Wildman–Crippen LogP) is 3.64. The van der Waals surface area contributed by atoms with Gasteiger partial charge in [-0.15, -0.1) is 0 Å². The Kier molecular flexibility index (Phi) is 4.28. The standard InChI is InChI=1S/C16H19N3O2/c20-19-16(12-3-4-12)13-5-7-15(8-6-13)21-9-1-2-14-10-17-11-18-14/h5-8,10-12,16H,1-4,9H2,(H,17,18). The molecule has 110 valence electrons. The van der Waals surface area contributed by atoms with E-state index >= 15 is 0 Å².